The summed E-state index contributed by atoms with van der Waals surface area (Å²) in [6, 6.07) is 18.9. The van der Waals surface area contributed by atoms with Crippen molar-refractivity contribution in [1.82, 2.24) is 24.8 Å². The Hall–Kier alpha value is -3.34. The van der Waals surface area contributed by atoms with Crippen LogP contribution >= 0.6 is 0 Å². The summed E-state index contributed by atoms with van der Waals surface area (Å²) in [5.41, 5.74) is 11.1. The number of nitrogens with two attached hydrogens (primary N) is 1. The van der Waals surface area contributed by atoms with Crippen LogP contribution in [0.4, 0.5) is 5.82 Å². The maximum atomic E-state index is 10.1. The fourth-order valence-electron chi connectivity index (χ4n) is 5.61. The molecule has 2 aliphatic rings. The number of rotatable bonds is 6. The van der Waals surface area contributed by atoms with Crippen molar-refractivity contribution < 1.29 is 8.42 Å². The molecule has 38 heavy (non-hydrogen) atoms. The van der Waals surface area contributed by atoms with Gasteiger partial charge in [0, 0.05) is 24.5 Å². The number of benzene rings is 1. The number of thiol groups is 1. The number of pyridine rings is 2. The van der Waals surface area contributed by atoms with Crippen LogP contribution in [0.2, 0.25) is 0 Å². The third kappa shape index (κ3) is 6.56. The van der Waals surface area contributed by atoms with Gasteiger partial charge in [-0.1, -0.05) is 24.3 Å². The van der Waals surface area contributed by atoms with Gasteiger partial charge in [0.2, 0.25) is 10.9 Å². The van der Waals surface area contributed by atoms with Crippen LogP contribution in [0, 0.1) is 0 Å². The molecule has 4 N–H and O–H groups in total. The van der Waals surface area contributed by atoms with Crippen LogP contribution in [0.15, 0.2) is 67.0 Å². The first-order valence-corrected chi connectivity index (χ1v) is 14.5. The lowest BCUT2D eigenvalue weighted by molar-refractivity contribution is 0.0761. The molecule has 0 saturated heterocycles. The molecule has 3 aromatic heterocycles. The maximum Gasteiger partial charge on any atom is 0.223 e. The highest BCUT2D eigenvalue weighted by Crippen LogP contribution is 2.38. The van der Waals surface area contributed by atoms with Crippen molar-refractivity contribution in [3.8, 4) is 0 Å². The number of hydrogen-bond acceptors (Lipinski definition) is 7. The molecule has 1 saturated carbocycles. The summed E-state index contributed by atoms with van der Waals surface area (Å²) in [5.74, 6) is 1.40. The van der Waals surface area contributed by atoms with Crippen molar-refractivity contribution in [2.24, 2.45) is 5.73 Å². The zero-order chi connectivity index (χ0) is 26.3. The summed E-state index contributed by atoms with van der Waals surface area (Å²) < 4.78 is 22.3. The van der Waals surface area contributed by atoms with Crippen molar-refractivity contribution in [3.63, 3.8) is 0 Å². The summed E-state index contributed by atoms with van der Waals surface area (Å²) in [6.07, 6.45) is 11.6. The molecule has 1 atom stereocenters. The SMILES string of the molecule is N[C@H]1CC[C@H](N(Cc2nc3ccccc3[nH]2)C2CCCc3cccnc32)CC1.O=[SH](=O)Nc1ccccn1. The molecule has 0 spiro atoms. The Kier molecular flexibility index (Phi) is 8.62. The minimum absolute atomic E-state index is 0.346. The number of aromatic amines is 1. The number of nitrogens with one attached hydrogen (secondary N) is 2. The van der Waals surface area contributed by atoms with E-state index in [2.05, 4.69) is 56.0 Å². The van der Waals surface area contributed by atoms with E-state index in [4.69, 9.17) is 15.7 Å². The number of fused-ring (bicyclic) bond motifs is 2. The summed E-state index contributed by atoms with van der Waals surface area (Å²) >= 11 is 0. The number of H-pyrrole nitrogens is 1. The number of para-hydroxylation sites is 2. The van der Waals surface area contributed by atoms with Gasteiger partial charge in [0.1, 0.15) is 11.6 Å². The molecule has 1 fully saturated rings. The Balaban J connectivity index is 0.000000249. The number of aryl methyl sites for hydroxylation is 1. The Labute approximate surface area is 225 Å². The first-order valence-electron chi connectivity index (χ1n) is 13.3. The lowest BCUT2D eigenvalue weighted by Crippen LogP contribution is -2.43. The van der Waals surface area contributed by atoms with Crippen LogP contribution in [0.1, 0.15) is 61.6 Å². The zero-order valence-corrected chi connectivity index (χ0v) is 22.3. The number of nitrogens with zero attached hydrogens (tertiary/aromatic N) is 4. The van der Waals surface area contributed by atoms with Gasteiger partial charge in [-0.05, 0) is 80.8 Å². The average molecular weight is 534 g/mol. The van der Waals surface area contributed by atoms with E-state index in [1.807, 2.05) is 6.20 Å². The molecule has 0 amide bonds. The van der Waals surface area contributed by atoms with E-state index in [-0.39, 0.29) is 0 Å². The van der Waals surface area contributed by atoms with Crippen molar-refractivity contribution in [3.05, 3.63) is 84.1 Å². The largest absolute Gasteiger partial charge is 0.341 e. The van der Waals surface area contributed by atoms with Gasteiger partial charge in [-0.15, -0.1) is 0 Å². The second-order valence-corrected chi connectivity index (χ2v) is 10.7. The molecular formula is C28H35N7O2S. The minimum Gasteiger partial charge on any atom is -0.341 e. The molecule has 2 aliphatic carbocycles. The fraction of sp³-hybridized carbons (Fsp3) is 0.393. The molecule has 3 heterocycles. The first kappa shape index (κ1) is 26.3. The second-order valence-electron chi connectivity index (χ2n) is 9.98. The van der Waals surface area contributed by atoms with Crippen LogP contribution in [-0.4, -0.2) is 45.3 Å². The number of hydrogen-bond donors (Lipinski definition) is 4. The Morgan fingerprint density at radius 1 is 0.947 bits per heavy atom. The summed E-state index contributed by atoms with van der Waals surface area (Å²) in [6.45, 7) is 0.843. The Morgan fingerprint density at radius 3 is 2.50 bits per heavy atom. The topological polar surface area (TPSA) is 130 Å². The highest BCUT2D eigenvalue weighted by Gasteiger charge is 2.34. The molecule has 0 radical (unpaired) electrons. The molecular weight excluding hydrogens is 498 g/mol. The van der Waals surface area contributed by atoms with E-state index in [9.17, 15) is 8.42 Å². The Morgan fingerprint density at radius 2 is 1.74 bits per heavy atom. The van der Waals surface area contributed by atoms with Crippen LogP contribution in [-0.2, 0) is 23.9 Å². The molecule has 1 unspecified atom stereocenters. The van der Waals surface area contributed by atoms with Gasteiger partial charge < -0.3 is 10.7 Å². The van der Waals surface area contributed by atoms with E-state index >= 15 is 0 Å². The predicted octanol–water partition coefficient (Wildman–Crippen LogP) is 4.13. The van der Waals surface area contributed by atoms with Crippen LogP contribution in [0.25, 0.3) is 11.0 Å². The van der Waals surface area contributed by atoms with E-state index < -0.39 is 10.9 Å². The first-order chi connectivity index (χ1) is 18.6. The minimum atomic E-state index is -2.59. The molecule has 4 aromatic rings. The average Bonchev–Trinajstić information content (AvgIpc) is 3.35. The van der Waals surface area contributed by atoms with Gasteiger partial charge in [-0.25, -0.2) is 18.4 Å². The smallest absolute Gasteiger partial charge is 0.223 e. The van der Waals surface area contributed by atoms with Crippen molar-refractivity contribution in [2.45, 2.75) is 69.6 Å². The zero-order valence-electron chi connectivity index (χ0n) is 21.4. The van der Waals surface area contributed by atoms with Crippen molar-refractivity contribution in [1.29, 1.82) is 0 Å². The maximum absolute atomic E-state index is 10.1. The van der Waals surface area contributed by atoms with Gasteiger partial charge >= 0.3 is 0 Å². The number of aromatic nitrogens is 4. The summed E-state index contributed by atoms with van der Waals surface area (Å²) in [7, 11) is -2.59. The molecule has 9 nitrogen and oxygen atoms in total. The second kappa shape index (κ2) is 12.5. The van der Waals surface area contributed by atoms with Crippen molar-refractivity contribution in [2.75, 3.05) is 4.72 Å². The van der Waals surface area contributed by atoms with Crippen LogP contribution in [0.5, 0.6) is 0 Å². The number of imidazole rings is 1. The highest BCUT2D eigenvalue weighted by atomic mass is 32.2. The third-order valence-electron chi connectivity index (χ3n) is 7.42. The lowest BCUT2D eigenvalue weighted by Gasteiger charge is -2.42. The summed E-state index contributed by atoms with van der Waals surface area (Å²) in [4.78, 5) is 19.6. The lowest BCUT2D eigenvalue weighted by atomic mass is 9.86. The molecule has 6 rings (SSSR count). The van der Waals surface area contributed by atoms with E-state index in [1.54, 1.807) is 18.2 Å². The fourth-order valence-corrected chi connectivity index (χ4v) is 5.93. The third-order valence-corrected chi connectivity index (χ3v) is 7.83. The molecule has 0 aliphatic heterocycles. The standard InChI is InChI=1S/C23H29N5.C5H6N2O2S/c24-17-10-12-18(13-11-17)28(15-22-26-19-7-1-2-8-20(19)27-22)21-9-3-5-16-6-4-14-25-23(16)21;8-10(9)7-5-3-1-2-4-6-5/h1-2,4,6-8,14,17-18,21H,3,5,9-13,15,24H2,(H,26,27);1-4,10H,(H,6,7,8,9)/t17-,18-,21?;. The van der Waals surface area contributed by atoms with Gasteiger partial charge in [0.15, 0.2) is 0 Å². The molecule has 1 aromatic carbocycles. The van der Waals surface area contributed by atoms with E-state index in [0.29, 0.717) is 23.9 Å². The van der Waals surface area contributed by atoms with Gasteiger partial charge in [-0.3, -0.25) is 14.6 Å². The monoisotopic (exact) mass is 533 g/mol. The van der Waals surface area contributed by atoms with Gasteiger partial charge in [0.25, 0.3) is 0 Å². The predicted molar refractivity (Wildman–Crippen MR) is 150 cm³/mol. The van der Waals surface area contributed by atoms with E-state index in [0.717, 1.165) is 42.7 Å². The van der Waals surface area contributed by atoms with Crippen molar-refractivity contribution >= 4 is 27.7 Å². The normalized spacial score (nSPS) is 21.1. The van der Waals surface area contributed by atoms with Crippen LogP contribution in [0.3, 0.4) is 0 Å². The van der Waals surface area contributed by atoms with E-state index in [1.165, 1.54) is 43.1 Å². The molecule has 0 bridgehead atoms. The molecule has 10 heteroatoms. The van der Waals surface area contributed by atoms with Crippen LogP contribution < -0.4 is 10.5 Å². The number of anilines is 1. The van der Waals surface area contributed by atoms with Gasteiger partial charge in [-0.2, -0.15) is 0 Å². The summed E-state index contributed by atoms with van der Waals surface area (Å²) in [5, 5.41) is 0. The Bertz CT molecular complexity index is 1360. The molecule has 200 valence electrons. The highest BCUT2D eigenvalue weighted by molar-refractivity contribution is 7.73. The van der Waals surface area contributed by atoms with Gasteiger partial charge in [0.05, 0.1) is 29.3 Å². The quantitative estimate of drug-likeness (QED) is 0.274.